The smallest absolute Gasteiger partial charge is 0.0437 e. The van der Waals surface area contributed by atoms with E-state index in [0.717, 1.165) is 20.3 Å². The number of pyridine rings is 1. The third-order valence-corrected chi connectivity index (χ3v) is 2.54. The Morgan fingerprint density at radius 3 is 2.92 bits per heavy atom. The first-order valence-electron chi connectivity index (χ1n) is 3.46. The molecule has 1 heterocycles. The predicted molar refractivity (Wildman–Crippen MR) is 54.5 cm³/mol. The lowest BCUT2D eigenvalue weighted by atomic mass is 10.2. The molecule has 0 N–H and O–H groups in total. The second kappa shape index (κ2) is 3.04. The summed E-state index contributed by atoms with van der Waals surface area (Å²) in [5.41, 5.74) is 0. The summed E-state index contributed by atoms with van der Waals surface area (Å²) in [4.78, 5) is 4.05. The van der Waals surface area contributed by atoms with Gasteiger partial charge in [0.05, 0.1) is 0 Å². The van der Waals surface area contributed by atoms with Crippen molar-refractivity contribution in [3.05, 3.63) is 40.1 Å². The van der Waals surface area contributed by atoms with E-state index in [-0.39, 0.29) is 0 Å². The number of benzene rings is 1. The molecule has 0 unspecified atom stereocenters. The molecule has 0 aliphatic heterocycles. The fraction of sp³-hybridized carbons (Fsp3) is 0. The first-order valence-corrected chi connectivity index (χ1v) is 4.63. The Kier molecular flexibility index (Phi) is 2.03. The van der Waals surface area contributed by atoms with Gasteiger partial charge < -0.3 is 0 Å². The van der Waals surface area contributed by atoms with E-state index < -0.39 is 0 Å². The molecule has 0 aliphatic carbocycles. The monoisotopic (exact) mass is 241 g/mol. The molecule has 0 bridgehead atoms. The molecule has 60 valence electrons. The van der Waals surface area contributed by atoms with E-state index in [4.69, 9.17) is 11.6 Å². The maximum atomic E-state index is 5.85. The topological polar surface area (TPSA) is 12.9 Å². The quantitative estimate of drug-likeness (QED) is 0.687. The van der Waals surface area contributed by atoms with Crippen LogP contribution in [-0.2, 0) is 0 Å². The second-order valence-corrected chi connectivity index (χ2v) is 3.78. The number of nitrogens with zero attached hydrogens (tertiary/aromatic N) is 1. The Labute approximate surface area is 83.5 Å². The Morgan fingerprint density at radius 1 is 1.25 bits per heavy atom. The lowest BCUT2D eigenvalue weighted by Crippen LogP contribution is -1.77. The van der Waals surface area contributed by atoms with Crippen LogP contribution in [0.25, 0.3) is 10.8 Å². The molecule has 0 amide bonds. The largest absolute Gasteiger partial charge is 0.263 e. The van der Waals surface area contributed by atoms with Gasteiger partial charge in [-0.2, -0.15) is 0 Å². The minimum atomic E-state index is 0.745. The molecule has 0 aliphatic rings. The van der Waals surface area contributed by atoms with Crippen LogP contribution in [0.4, 0.5) is 0 Å². The van der Waals surface area contributed by atoms with Crippen LogP contribution in [-0.4, -0.2) is 4.98 Å². The summed E-state index contributed by atoms with van der Waals surface area (Å²) >= 11 is 9.26. The summed E-state index contributed by atoms with van der Waals surface area (Å²) in [5, 5.41) is 2.93. The van der Waals surface area contributed by atoms with Crippen LogP contribution >= 0.6 is 27.5 Å². The van der Waals surface area contributed by atoms with Crippen molar-refractivity contribution in [1.29, 1.82) is 0 Å². The standard InChI is InChI=1S/C9H5BrClN/c10-9-5-12-4-6-1-2-7(11)3-8(6)9/h1-5H. The van der Waals surface area contributed by atoms with Crippen molar-refractivity contribution in [2.45, 2.75) is 0 Å². The second-order valence-electron chi connectivity index (χ2n) is 2.49. The van der Waals surface area contributed by atoms with Crippen molar-refractivity contribution in [2.75, 3.05) is 0 Å². The maximum Gasteiger partial charge on any atom is 0.0437 e. The molecule has 1 nitrogen and oxygen atoms in total. The zero-order valence-corrected chi connectivity index (χ0v) is 8.43. The summed E-state index contributed by atoms with van der Waals surface area (Å²) in [7, 11) is 0. The van der Waals surface area contributed by atoms with Gasteiger partial charge in [-0.15, -0.1) is 0 Å². The maximum absolute atomic E-state index is 5.85. The summed E-state index contributed by atoms with van der Waals surface area (Å²) in [6.45, 7) is 0. The summed E-state index contributed by atoms with van der Waals surface area (Å²) in [6, 6.07) is 5.73. The summed E-state index contributed by atoms with van der Waals surface area (Å²) in [5.74, 6) is 0. The number of hydrogen-bond donors (Lipinski definition) is 0. The average molecular weight is 243 g/mol. The highest BCUT2D eigenvalue weighted by atomic mass is 79.9. The fourth-order valence-electron chi connectivity index (χ4n) is 1.10. The summed E-state index contributed by atoms with van der Waals surface area (Å²) in [6.07, 6.45) is 3.58. The van der Waals surface area contributed by atoms with Crippen molar-refractivity contribution >= 4 is 38.3 Å². The van der Waals surface area contributed by atoms with Crippen LogP contribution in [0, 0.1) is 0 Å². The van der Waals surface area contributed by atoms with Gasteiger partial charge >= 0.3 is 0 Å². The molecular weight excluding hydrogens is 237 g/mol. The Morgan fingerprint density at radius 2 is 2.08 bits per heavy atom. The number of rotatable bonds is 0. The van der Waals surface area contributed by atoms with Crippen LogP contribution in [0.3, 0.4) is 0 Å². The molecule has 0 atom stereocenters. The van der Waals surface area contributed by atoms with Gasteiger partial charge in [-0.05, 0) is 28.1 Å². The molecule has 12 heavy (non-hydrogen) atoms. The van der Waals surface area contributed by atoms with Gasteiger partial charge in [0.1, 0.15) is 0 Å². The highest BCUT2D eigenvalue weighted by molar-refractivity contribution is 9.10. The van der Waals surface area contributed by atoms with Gasteiger partial charge in [-0.3, -0.25) is 4.98 Å². The first-order chi connectivity index (χ1) is 5.77. The van der Waals surface area contributed by atoms with Crippen LogP contribution in [0.15, 0.2) is 35.1 Å². The van der Waals surface area contributed by atoms with Crippen LogP contribution in [0.1, 0.15) is 0 Å². The lowest BCUT2D eigenvalue weighted by Gasteiger charge is -1.99. The minimum absolute atomic E-state index is 0.745. The van der Waals surface area contributed by atoms with E-state index in [1.165, 1.54) is 0 Å². The van der Waals surface area contributed by atoms with E-state index in [2.05, 4.69) is 20.9 Å². The van der Waals surface area contributed by atoms with E-state index in [1.54, 1.807) is 6.20 Å². The number of fused-ring (bicyclic) bond motifs is 1. The molecule has 2 rings (SSSR count). The van der Waals surface area contributed by atoms with Crippen molar-refractivity contribution in [3.8, 4) is 0 Å². The van der Waals surface area contributed by atoms with Crippen molar-refractivity contribution < 1.29 is 0 Å². The van der Waals surface area contributed by atoms with Gasteiger partial charge in [0.2, 0.25) is 0 Å². The highest BCUT2D eigenvalue weighted by Crippen LogP contribution is 2.25. The van der Waals surface area contributed by atoms with Crippen molar-refractivity contribution in [1.82, 2.24) is 4.98 Å². The van der Waals surface area contributed by atoms with E-state index in [9.17, 15) is 0 Å². The molecule has 0 saturated carbocycles. The van der Waals surface area contributed by atoms with Gasteiger partial charge in [0.15, 0.2) is 0 Å². The van der Waals surface area contributed by atoms with Gasteiger partial charge in [-0.1, -0.05) is 17.7 Å². The molecule has 0 saturated heterocycles. The lowest BCUT2D eigenvalue weighted by molar-refractivity contribution is 1.35. The molecule has 0 fully saturated rings. The molecule has 2 aromatic rings. The SMILES string of the molecule is Clc1ccc2cncc(Br)c2c1. The summed E-state index contributed by atoms with van der Waals surface area (Å²) < 4.78 is 0.975. The van der Waals surface area contributed by atoms with Crippen molar-refractivity contribution in [3.63, 3.8) is 0 Å². The van der Waals surface area contributed by atoms with E-state index in [1.807, 2.05) is 24.4 Å². The van der Waals surface area contributed by atoms with Crippen LogP contribution < -0.4 is 0 Å². The van der Waals surface area contributed by atoms with Crippen molar-refractivity contribution in [2.24, 2.45) is 0 Å². The van der Waals surface area contributed by atoms with Gasteiger partial charge in [0.25, 0.3) is 0 Å². The molecule has 0 radical (unpaired) electrons. The van der Waals surface area contributed by atoms with Crippen LogP contribution in [0.2, 0.25) is 5.02 Å². The van der Waals surface area contributed by atoms with E-state index >= 15 is 0 Å². The first kappa shape index (κ1) is 8.02. The predicted octanol–water partition coefficient (Wildman–Crippen LogP) is 3.65. The number of hydrogen-bond acceptors (Lipinski definition) is 1. The normalized spacial score (nSPS) is 10.5. The van der Waals surface area contributed by atoms with E-state index in [0.29, 0.717) is 0 Å². The third kappa shape index (κ3) is 1.32. The zero-order chi connectivity index (χ0) is 8.55. The Hall–Kier alpha value is -0.600. The Balaban J connectivity index is 2.88. The fourth-order valence-corrected chi connectivity index (χ4v) is 1.73. The molecule has 3 heteroatoms. The van der Waals surface area contributed by atoms with Gasteiger partial charge in [-0.25, -0.2) is 0 Å². The Bertz CT molecular complexity index is 428. The highest BCUT2D eigenvalue weighted by Gasteiger charge is 1.98. The average Bonchev–Trinajstić information content (AvgIpc) is 2.07. The molecule has 0 spiro atoms. The zero-order valence-electron chi connectivity index (χ0n) is 6.09. The minimum Gasteiger partial charge on any atom is -0.263 e. The van der Waals surface area contributed by atoms with Gasteiger partial charge in [0, 0.05) is 32.7 Å². The number of aromatic nitrogens is 1. The molecule has 1 aromatic heterocycles. The third-order valence-electron chi connectivity index (χ3n) is 1.67. The molecule has 1 aromatic carbocycles. The number of halogens is 2. The van der Waals surface area contributed by atoms with Crippen LogP contribution in [0.5, 0.6) is 0 Å². The molecular formula is C9H5BrClN.